The van der Waals surface area contributed by atoms with Gasteiger partial charge in [-0.2, -0.15) is 0 Å². The number of nitrogens with one attached hydrogen (secondary N) is 1. The normalized spacial score (nSPS) is 10.9. The van der Waals surface area contributed by atoms with Gasteiger partial charge in [0.25, 0.3) is 5.91 Å². The number of carbonyl (C=O) groups excluding carboxylic acids is 1. The molecule has 0 aliphatic carbocycles. The highest BCUT2D eigenvalue weighted by atomic mass is 32.1. The van der Waals surface area contributed by atoms with Gasteiger partial charge < -0.3 is 4.74 Å². The van der Waals surface area contributed by atoms with Gasteiger partial charge in [-0.15, -0.1) is 0 Å². The summed E-state index contributed by atoms with van der Waals surface area (Å²) in [5.74, 6) is 0.621. The number of pyridine rings is 1. The number of thiazole rings is 1. The maximum absolute atomic E-state index is 12.6. The Kier molecular flexibility index (Phi) is 6.05. The minimum absolute atomic E-state index is 0.183. The molecule has 30 heavy (non-hydrogen) atoms. The van der Waals surface area contributed by atoms with Crippen LogP contribution in [0.25, 0.3) is 21.5 Å². The molecule has 152 valence electrons. The molecule has 6 heteroatoms. The minimum Gasteiger partial charge on any atom is -0.494 e. The number of nitrogens with zero attached hydrogens (tertiary/aromatic N) is 2. The third-order valence-electron chi connectivity index (χ3n) is 4.70. The number of anilines is 1. The highest BCUT2D eigenvalue weighted by molar-refractivity contribution is 7.22. The Morgan fingerprint density at radius 1 is 1.07 bits per heavy atom. The van der Waals surface area contributed by atoms with Gasteiger partial charge in [-0.1, -0.05) is 42.9 Å². The maximum Gasteiger partial charge on any atom is 0.257 e. The summed E-state index contributed by atoms with van der Waals surface area (Å²) in [5, 5.41) is 3.46. The van der Waals surface area contributed by atoms with E-state index in [1.165, 1.54) is 16.9 Å². The smallest absolute Gasteiger partial charge is 0.257 e. The van der Waals surface area contributed by atoms with Gasteiger partial charge in [0.1, 0.15) is 5.75 Å². The number of ether oxygens (including phenoxy) is 1. The molecule has 1 N–H and O–H groups in total. The maximum atomic E-state index is 12.6. The van der Waals surface area contributed by atoms with Crippen molar-refractivity contribution >= 4 is 32.6 Å². The van der Waals surface area contributed by atoms with E-state index in [1.807, 2.05) is 61.7 Å². The second-order valence-corrected chi connectivity index (χ2v) is 7.95. The molecule has 0 atom stereocenters. The number of rotatable bonds is 7. The van der Waals surface area contributed by atoms with Crippen LogP contribution in [-0.4, -0.2) is 22.5 Å². The van der Waals surface area contributed by atoms with Crippen LogP contribution in [-0.2, 0) is 6.42 Å². The van der Waals surface area contributed by atoms with E-state index in [0.717, 1.165) is 40.1 Å². The van der Waals surface area contributed by atoms with E-state index in [4.69, 9.17) is 4.74 Å². The third kappa shape index (κ3) is 4.49. The molecule has 0 fully saturated rings. The molecule has 1 amide bonds. The first-order valence-electron chi connectivity index (χ1n) is 10.1. The Morgan fingerprint density at radius 3 is 2.60 bits per heavy atom. The topological polar surface area (TPSA) is 64.1 Å². The second-order valence-electron chi connectivity index (χ2n) is 6.91. The fraction of sp³-hybridized carbons (Fsp3) is 0.208. The number of carbonyl (C=O) groups is 1. The van der Waals surface area contributed by atoms with Crippen LogP contribution in [0.2, 0.25) is 0 Å². The first kappa shape index (κ1) is 20.0. The van der Waals surface area contributed by atoms with Gasteiger partial charge in [-0.25, -0.2) is 4.98 Å². The molecule has 0 aliphatic rings. The molecule has 0 saturated heterocycles. The minimum atomic E-state index is -0.183. The molecule has 0 spiro atoms. The van der Waals surface area contributed by atoms with E-state index < -0.39 is 0 Å². The summed E-state index contributed by atoms with van der Waals surface area (Å²) >= 11 is 1.43. The van der Waals surface area contributed by atoms with E-state index in [2.05, 4.69) is 28.3 Å². The van der Waals surface area contributed by atoms with Crippen LogP contribution >= 0.6 is 11.3 Å². The van der Waals surface area contributed by atoms with Crippen molar-refractivity contribution in [3.8, 4) is 17.0 Å². The fourth-order valence-corrected chi connectivity index (χ4v) is 4.10. The van der Waals surface area contributed by atoms with Gasteiger partial charge in [-0.3, -0.25) is 15.1 Å². The van der Waals surface area contributed by atoms with E-state index in [9.17, 15) is 4.79 Å². The summed E-state index contributed by atoms with van der Waals surface area (Å²) in [7, 11) is 0. The number of aromatic nitrogens is 2. The zero-order chi connectivity index (χ0) is 20.9. The van der Waals surface area contributed by atoms with Crippen LogP contribution in [0.5, 0.6) is 5.75 Å². The fourth-order valence-electron chi connectivity index (χ4n) is 3.21. The number of aryl methyl sites for hydroxylation is 1. The van der Waals surface area contributed by atoms with Crippen molar-refractivity contribution in [2.45, 2.75) is 26.7 Å². The van der Waals surface area contributed by atoms with Gasteiger partial charge in [0.15, 0.2) is 5.13 Å². The van der Waals surface area contributed by atoms with Crippen LogP contribution in [0, 0.1) is 0 Å². The van der Waals surface area contributed by atoms with Crippen molar-refractivity contribution < 1.29 is 9.53 Å². The molecular weight excluding hydrogens is 394 g/mol. The molecule has 0 unspecified atom stereocenters. The molecular formula is C24H23N3O2S. The summed E-state index contributed by atoms with van der Waals surface area (Å²) in [4.78, 5) is 21.7. The lowest BCUT2D eigenvalue weighted by molar-refractivity contribution is 0.102. The van der Waals surface area contributed by atoms with E-state index in [-0.39, 0.29) is 5.91 Å². The van der Waals surface area contributed by atoms with E-state index in [1.54, 1.807) is 0 Å². The first-order valence-corrected chi connectivity index (χ1v) is 10.9. The van der Waals surface area contributed by atoms with Crippen LogP contribution in [0.3, 0.4) is 0 Å². The Hall–Kier alpha value is -3.25. The Morgan fingerprint density at radius 2 is 1.90 bits per heavy atom. The molecule has 0 bridgehead atoms. The van der Waals surface area contributed by atoms with Crippen molar-refractivity contribution in [1.29, 1.82) is 0 Å². The summed E-state index contributed by atoms with van der Waals surface area (Å²) in [6.07, 6.45) is 4.06. The van der Waals surface area contributed by atoms with Crippen LogP contribution in [0.4, 0.5) is 5.13 Å². The van der Waals surface area contributed by atoms with Gasteiger partial charge in [0, 0.05) is 17.3 Å². The summed E-state index contributed by atoms with van der Waals surface area (Å²) < 4.78 is 6.50. The molecule has 4 aromatic rings. The molecule has 4 rings (SSSR count). The molecule has 0 aliphatic heterocycles. The third-order valence-corrected chi connectivity index (χ3v) is 5.63. The van der Waals surface area contributed by atoms with Crippen molar-refractivity contribution in [3.63, 3.8) is 0 Å². The highest BCUT2D eigenvalue weighted by Gasteiger charge is 2.11. The molecule has 5 nitrogen and oxygen atoms in total. The van der Waals surface area contributed by atoms with Crippen LogP contribution in [0.1, 0.15) is 36.2 Å². The van der Waals surface area contributed by atoms with Crippen molar-refractivity contribution in [3.05, 3.63) is 71.9 Å². The van der Waals surface area contributed by atoms with Gasteiger partial charge >= 0.3 is 0 Å². The summed E-state index contributed by atoms with van der Waals surface area (Å²) in [6, 6.07) is 17.3. The number of benzene rings is 2. The molecule has 2 aromatic heterocycles. The Labute approximate surface area is 179 Å². The van der Waals surface area contributed by atoms with Crippen LogP contribution in [0.15, 0.2) is 60.8 Å². The predicted octanol–water partition coefficient (Wildman–Crippen LogP) is 5.96. The monoisotopic (exact) mass is 417 g/mol. The van der Waals surface area contributed by atoms with Crippen LogP contribution < -0.4 is 10.1 Å². The molecule has 2 aromatic carbocycles. The second kappa shape index (κ2) is 9.05. The summed E-state index contributed by atoms with van der Waals surface area (Å²) in [5.41, 5.74) is 4.54. The van der Waals surface area contributed by atoms with Gasteiger partial charge in [-0.05, 0) is 55.3 Å². The lowest BCUT2D eigenvalue weighted by atomic mass is 10.1. The lowest BCUT2D eigenvalue weighted by Crippen LogP contribution is -2.11. The first-order chi connectivity index (χ1) is 14.7. The van der Waals surface area contributed by atoms with Gasteiger partial charge in [0.2, 0.25) is 0 Å². The number of hydrogen-bond acceptors (Lipinski definition) is 5. The van der Waals surface area contributed by atoms with Crippen molar-refractivity contribution in [1.82, 2.24) is 9.97 Å². The predicted molar refractivity (Wildman–Crippen MR) is 122 cm³/mol. The highest BCUT2D eigenvalue weighted by Crippen LogP contribution is 2.29. The largest absolute Gasteiger partial charge is 0.494 e. The summed E-state index contributed by atoms with van der Waals surface area (Å²) in [6.45, 7) is 4.72. The number of fused-ring (bicyclic) bond motifs is 1. The standard InChI is InChI=1S/C24H23N3O2S/c1-3-5-16-6-12-20(25-15-16)17-7-9-18(10-8-17)23(28)27-24-26-21-13-11-19(29-4-2)14-22(21)30-24/h6-15H,3-5H2,1-2H3,(H,26,27,28). The van der Waals surface area contributed by atoms with E-state index >= 15 is 0 Å². The van der Waals surface area contributed by atoms with Crippen molar-refractivity contribution in [2.24, 2.45) is 0 Å². The number of amides is 1. The Balaban J connectivity index is 1.46. The molecule has 2 heterocycles. The zero-order valence-corrected chi connectivity index (χ0v) is 17.8. The average Bonchev–Trinajstić information content (AvgIpc) is 3.16. The quantitative estimate of drug-likeness (QED) is 0.403. The lowest BCUT2D eigenvalue weighted by Gasteiger charge is -2.05. The molecule has 0 saturated carbocycles. The average molecular weight is 418 g/mol. The van der Waals surface area contributed by atoms with Crippen molar-refractivity contribution in [2.75, 3.05) is 11.9 Å². The molecule has 0 radical (unpaired) electrons. The SMILES string of the molecule is CCCc1ccc(-c2ccc(C(=O)Nc3nc4ccc(OCC)cc4s3)cc2)nc1. The Bertz CT molecular complexity index is 1150. The van der Waals surface area contributed by atoms with Gasteiger partial charge in [0.05, 0.1) is 22.5 Å². The number of hydrogen-bond donors (Lipinski definition) is 1. The van der Waals surface area contributed by atoms with E-state index in [0.29, 0.717) is 17.3 Å². The zero-order valence-electron chi connectivity index (χ0n) is 17.0.